The lowest BCUT2D eigenvalue weighted by Crippen LogP contribution is -2.33. The fraction of sp³-hybridized carbons (Fsp3) is 0.182. The summed E-state index contributed by atoms with van der Waals surface area (Å²) in [5, 5.41) is 14.3. The Morgan fingerprint density at radius 3 is 2.49 bits per heavy atom. The molecular weight excluding hydrogens is 521 g/mol. The zero-order valence-corrected chi connectivity index (χ0v) is 22.6. The number of furan rings is 1. The van der Waals surface area contributed by atoms with Crippen molar-refractivity contribution in [2.75, 3.05) is 11.4 Å². The summed E-state index contributed by atoms with van der Waals surface area (Å²) in [6, 6.07) is 20.0. The summed E-state index contributed by atoms with van der Waals surface area (Å²) < 4.78 is 19.7. The fourth-order valence-electron chi connectivity index (χ4n) is 5.09. The Morgan fingerprint density at radius 2 is 1.80 bits per heavy atom. The van der Waals surface area contributed by atoms with E-state index in [4.69, 9.17) is 4.42 Å². The number of amides is 2. The van der Waals surface area contributed by atoms with Gasteiger partial charge in [-0.2, -0.15) is 0 Å². The molecule has 6 rings (SSSR count). The molecule has 7 nitrogen and oxygen atoms in total. The van der Waals surface area contributed by atoms with Crippen LogP contribution in [0.4, 0.5) is 10.2 Å². The Bertz CT molecular complexity index is 1780. The molecule has 8 heteroatoms. The molecule has 0 saturated heterocycles. The van der Waals surface area contributed by atoms with E-state index in [0.29, 0.717) is 62.5 Å². The lowest BCUT2D eigenvalue weighted by Gasteiger charge is -2.22. The van der Waals surface area contributed by atoms with Gasteiger partial charge in [-0.15, -0.1) is 0 Å². The number of phenolic OH excluding ortho intramolecular Hbond substituents is 1. The average molecular weight is 550 g/mol. The largest absolute Gasteiger partial charge is 0.508 e. The van der Waals surface area contributed by atoms with Crippen molar-refractivity contribution >= 4 is 28.6 Å². The van der Waals surface area contributed by atoms with Crippen LogP contribution in [0.2, 0.25) is 0 Å². The first-order chi connectivity index (χ1) is 19.9. The highest BCUT2D eigenvalue weighted by Gasteiger charge is 2.35. The molecule has 1 aliphatic rings. The van der Waals surface area contributed by atoms with Crippen molar-refractivity contribution in [3.8, 4) is 28.2 Å². The number of phenols is 1. The third kappa shape index (κ3) is 4.93. The zero-order chi connectivity index (χ0) is 28.7. The summed E-state index contributed by atoms with van der Waals surface area (Å²) in [4.78, 5) is 33.1. The van der Waals surface area contributed by atoms with Crippen molar-refractivity contribution in [3.63, 3.8) is 0 Å². The number of rotatable bonds is 7. The fourth-order valence-corrected chi connectivity index (χ4v) is 5.09. The number of halogens is 1. The van der Waals surface area contributed by atoms with Gasteiger partial charge in [-0.25, -0.2) is 9.37 Å². The number of benzene rings is 3. The van der Waals surface area contributed by atoms with E-state index in [-0.39, 0.29) is 29.4 Å². The van der Waals surface area contributed by atoms with Crippen LogP contribution in [-0.4, -0.2) is 34.5 Å². The Balaban J connectivity index is 1.47. The minimum Gasteiger partial charge on any atom is -0.508 e. The van der Waals surface area contributed by atoms with Gasteiger partial charge in [0, 0.05) is 35.3 Å². The molecule has 0 unspecified atom stereocenters. The van der Waals surface area contributed by atoms with Crippen LogP contribution < -0.4 is 10.2 Å². The second-order valence-electron chi connectivity index (χ2n) is 10.1. The highest BCUT2D eigenvalue weighted by molar-refractivity contribution is 6.12. The molecule has 41 heavy (non-hydrogen) atoms. The van der Waals surface area contributed by atoms with Crippen LogP contribution in [0.3, 0.4) is 0 Å². The number of hydrogen-bond donors (Lipinski definition) is 2. The van der Waals surface area contributed by atoms with Crippen LogP contribution in [0.5, 0.6) is 5.75 Å². The molecule has 0 spiro atoms. The molecule has 2 N–H and O–H groups in total. The van der Waals surface area contributed by atoms with Crippen LogP contribution in [0.25, 0.3) is 33.4 Å². The van der Waals surface area contributed by atoms with Gasteiger partial charge in [-0.3, -0.25) is 14.5 Å². The van der Waals surface area contributed by atoms with Gasteiger partial charge < -0.3 is 14.8 Å². The maximum absolute atomic E-state index is 13.8. The molecule has 1 fully saturated rings. The molecule has 0 radical (unpaired) electrons. The van der Waals surface area contributed by atoms with Gasteiger partial charge >= 0.3 is 0 Å². The summed E-state index contributed by atoms with van der Waals surface area (Å²) in [7, 11) is 0. The third-order valence-corrected chi connectivity index (χ3v) is 7.32. The average Bonchev–Trinajstić information content (AvgIpc) is 3.73. The van der Waals surface area contributed by atoms with Gasteiger partial charge in [-0.1, -0.05) is 12.1 Å². The predicted molar refractivity (Wildman–Crippen MR) is 156 cm³/mol. The van der Waals surface area contributed by atoms with Gasteiger partial charge in [0.25, 0.3) is 11.8 Å². The second-order valence-corrected chi connectivity index (χ2v) is 10.1. The number of aromatic nitrogens is 1. The summed E-state index contributed by atoms with van der Waals surface area (Å²) in [5.41, 5.74) is 3.67. The molecule has 2 heterocycles. The maximum Gasteiger partial charge on any atom is 0.259 e. The van der Waals surface area contributed by atoms with Gasteiger partial charge in [0.05, 0.1) is 5.56 Å². The number of hydrogen-bond acceptors (Lipinski definition) is 5. The van der Waals surface area contributed by atoms with Gasteiger partial charge in [-0.05, 0) is 104 Å². The summed E-state index contributed by atoms with van der Waals surface area (Å²) >= 11 is 0. The standard InChI is InChI=1S/C33H28FN3O4/c1-3-35-32(39)30-26-16-21(9-14-28(26)41-31(30)20-7-10-23(34)11-8-20)25-17-22(18-27(38)19(25)2)33(40)37(24-12-13-24)29-6-4-5-15-36-29/h4-11,14-18,24,38H,3,12-13H2,1-2H3,(H,35,39). The van der Waals surface area contributed by atoms with Crippen LogP contribution in [0, 0.1) is 12.7 Å². The van der Waals surface area contributed by atoms with Crippen LogP contribution in [-0.2, 0) is 0 Å². The van der Waals surface area contributed by atoms with E-state index in [1.165, 1.54) is 18.2 Å². The van der Waals surface area contributed by atoms with Crippen LogP contribution >= 0.6 is 0 Å². The lowest BCUT2D eigenvalue weighted by atomic mass is 9.94. The number of nitrogens with one attached hydrogen (secondary N) is 1. The highest BCUT2D eigenvalue weighted by atomic mass is 19.1. The van der Waals surface area contributed by atoms with Crippen molar-refractivity contribution in [2.24, 2.45) is 0 Å². The number of carbonyl (C=O) groups is 2. The Hall–Kier alpha value is -4.98. The molecule has 3 aromatic carbocycles. The molecule has 0 aliphatic heterocycles. The lowest BCUT2D eigenvalue weighted by molar-refractivity contribution is 0.0955. The molecule has 2 aromatic heterocycles. The van der Waals surface area contributed by atoms with Crippen molar-refractivity contribution in [2.45, 2.75) is 32.7 Å². The molecule has 0 bridgehead atoms. The number of nitrogens with zero attached hydrogens (tertiary/aromatic N) is 2. The summed E-state index contributed by atoms with van der Waals surface area (Å²) in [6.45, 7) is 4.03. The Labute approximate surface area is 236 Å². The van der Waals surface area contributed by atoms with Gasteiger partial charge in [0.1, 0.15) is 28.7 Å². The van der Waals surface area contributed by atoms with Crippen molar-refractivity contribution in [1.29, 1.82) is 0 Å². The first-order valence-electron chi connectivity index (χ1n) is 13.5. The van der Waals surface area contributed by atoms with Crippen LogP contribution in [0.15, 0.2) is 83.4 Å². The molecular formula is C33H28FN3O4. The quantitative estimate of drug-likeness (QED) is 0.231. The summed E-state index contributed by atoms with van der Waals surface area (Å²) in [6.07, 6.45) is 3.44. The maximum atomic E-state index is 13.8. The SMILES string of the molecule is CCNC(=O)c1c(-c2ccc(F)cc2)oc2ccc(-c3cc(C(=O)N(c4ccccn4)C4CC4)cc(O)c3C)cc12. The molecule has 5 aromatic rings. The third-order valence-electron chi connectivity index (χ3n) is 7.32. The van der Waals surface area contributed by atoms with Crippen molar-refractivity contribution in [3.05, 3.63) is 102 Å². The van der Waals surface area contributed by atoms with Gasteiger partial charge in [0.2, 0.25) is 0 Å². The summed E-state index contributed by atoms with van der Waals surface area (Å²) in [5.74, 6) is -0.0515. The van der Waals surface area contributed by atoms with Gasteiger partial charge in [0.15, 0.2) is 0 Å². The van der Waals surface area contributed by atoms with Crippen molar-refractivity contribution in [1.82, 2.24) is 10.3 Å². The zero-order valence-electron chi connectivity index (χ0n) is 22.6. The Kier molecular flexibility index (Phi) is 6.75. The molecule has 1 aliphatic carbocycles. The van der Waals surface area contributed by atoms with E-state index in [9.17, 15) is 19.1 Å². The normalized spacial score (nSPS) is 12.9. The highest BCUT2D eigenvalue weighted by Crippen LogP contribution is 2.39. The van der Waals surface area contributed by atoms with E-state index in [1.807, 2.05) is 25.1 Å². The topological polar surface area (TPSA) is 95.7 Å². The number of carbonyl (C=O) groups excluding carboxylic acids is 2. The molecule has 1 saturated carbocycles. The van der Waals surface area contributed by atoms with Crippen LogP contribution in [0.1, 0.15) is 46.0 Å². The number of fused-ring (bicyclic) bond motifs is 1. The second kappa shape index (κ2) is 10.5. The monoisotopic (exact) mass is 549 g/mol. The minimum atomic E-state index is -0.389. The number of aromatic hydroxyl groups is 1. The number of pyridine rings is 1. The van der Waals surface area contributed by atoms with E-state index in [1.54, 1.807) is 54.4 Å². The molecule has 206 valence electrons. The predicted octanol–water partition coefficient (Wildman–Crippen LogP) is 6.87. The van der Waals surface area contributed by atoms with E-state index in [0.717, 1.165) is 12.8 Å². The van der Waals surface area contributed by atoms with Crippen molar-refractivity contribution < 1.29 is 23.5 Å². The van der Waals surface area contributed by atoms with E-state index < -0.39 is 0 Å². The first-order valence-corrected chi connectivity index (χ1v) is 13.5. The molecule has 2 amide bonds. The smallest absolute Gasteiger partial charge is 0.259 e. The molecule has 0 atom stereocenters. The minimum absolute atomic E-state index is 0.00846. The Morgan fingerprint density at radius 1 is 1.05 bits per heavy atom. The van der Waals surface area contributed by atoms with E-state index >= 15 is 0 Å². The first kappa shape index (κ1) is 26.3. The number of anilines is 1. The van der Waals surface area contributed by atoms with E-state index in [2.05, 4.69) is 10.3 Å².